The summed E-state index contributed by atoms with van der Waals surface area (Å²) < 4.78 is 9.90. The minimum atomic E-state index is -0.521. The Hall–Kier alpha value is -2.44. The van der Waals surface area contributed by atoms with Gasteiger partial charge in [-0.05, 0) is 39.0 Å². The summed E-state index contributed by atoms with van der Waals surface area (Å²) in [5.74, 6) is -0.437. The van der Waals surface area contributed by atoms with Crippen LogP contribution in [-0.2, 0) is 9.47 Å². The molecule has 0 radical (unpaired) electrons. The minimum absolute atomic E-state index is 0.381. The van der Waals surface area contributed by atoms with Gasteiger partial charge in [0.2, 0.25) is 0 Å². The Morgan fingerprint density at radius 1 is 1.30 bits per heavy atom. The molecule has 7 heteroatoms. The van der Waals surface area contributed by atoms with Crippen LogP contribution in [0.15, 0.2) is 18.2 Å². The Kier molecular flexibility index (Phi) is 6.24. The second-order valence-electron chi connectivity index (χ2n) is 6.12. The number of carbonyl (C=O) groups is 2. The number of carbonyl (C=O) groups excluding carboxylic acids is 2. The van der Waals surface area contributed by atoms with Gasteiger partial charge in [-0.3, -0.25) is 0 Å². The number of nitrogens with one attached hydrogen (secondary N) is 1. The number of nitrogens with two attached hydrogens (primary N) is 1. The molecule has 0 unspecified atom stereocenters. The van der Waals surface area contributed by atoms with Crippen molar-refractivity contribution in [2.24, 2.45) is 0 Å². The number of benzene rings is 1. The number of rotatable bonds is 5. The molecule has 0 aliphatic rings. The van der Waals surface area contributed by atoms with Gasteiger partial charge >= 0.3 is 12.1 Å². The van der Waals surface area contributed by atoms with Crippen molar-refractivity contribution in [2.45, 2.75) is 26.4 Å². The van der Waals surface area contributed by atoms with Gasteiger partial charge in [0.05, 0.1) is 24.0 Å². The van der Waals surface area contributed by atoms with Crippen LogP contribution in [0.3, 0.4) is 0 Å². The summed E-state index contributed by atoms with van der Waals surface area (Å²) in [6, 6.07) is 4.88. The van der Waals surface area contributed by atoms with Gasteiger partial charge in [-0.15, -0.1) is 0 Å². The fourth-order valence-electron chi connectivity index (χ4n) is 1.76. The van der Waals surface area contributed by atoms with Crippen molar-refractivity contribution in [1.82, 2.24) is 4.90 Å². The van der Waals surface area contributed by atoms with E-state index in [2.05, 4.69) is 10.1 Å². The van der Waals surface area contributed by atoms with Crippen molar-refractivity contribution in [2.75, 3.05) is 38.3 Å². The Morgan fingerprint density at radius 3 is 2.48 bits per heavy atom. The van der Waals surface area contributed by atoms with E-state index in [0.29, 0.717) is 30.0 Å². The van der Waals surface area contributed by atoms with Crippen molar-refractivity contribution in [3.63, 3.8) is 0 Å². The lowest BCUT2D eigenvalue weighted by atomic mass is 10.1. The zero-order valence-electron chi connectivity index (χ0n) is 14.3. The van der Waals surface area contributed by atoms with Crippen molar-refractivity contribution >= 4 is 23.4 Å². The predicted molar refractivity (Wildman–Crippen MR) is 89.5 cm³/mol. The largest absolute Gasteiger partial charge is 0.465 e. The molecule has 0 atom stereocenters. The average Bonchev–Trinajstić information content (AvgIpc) is 2.46. The molecule has 128 valence electrons. The van der Waals surface area contributed by atoms with E-state index in [1.54, 1.807) is 25.2 Å². The Balaban J connectivity index is 2.53. The van der Waals surface area contributed by atoms with Crippen LogP contribution in [0.25, 0.3) is 0 Å². The highest BCUT2D eigenvalue weighted by atomic mass is 16.6. The van der Waals surface area contributed by atoms with Crippen LogP contribution >= 0.6 is 0 Å². The first-order valence-electron chi connectivity index (χ1n) is 7.30. The van der Waals surface area contributed by atoms with Crippen LogP contribution in [0, 0.1) is 0 Å². The second-order valence-corrected chi connectivity index (χ2v) is 6.12. The molecule has 0 aliphatic heterocycles. The van der Waals surface area contributed by atoms with Gasteiger partial charge in [0.15, 0.2) is 0 Å². The molecule has 0 heterocycles. The van der Waals surface area contributed by atoms with Crippen LogP contribution in [0.2, 0.25) is 0 Å². The number of esters is 1. The maximum Gasteiger partial charge on any atom is 0.410 e. The van der Waals surface area contributed by atoms with Gasteiger partial charge < -0.3 is 25.4 Å². The molecule has 7 nitrogen and oxygen atoms in total. The number of likely N-dealkylation sites (N-methyl/N-ethyl adjacent to an activating group) is 1. The van der Waals surface area contributed by atoms with Gasteiger partial charge in [-0.2, -0.15) is 0 Å². The highest BCUT2D eigenvalue weighted by Crippen LogP contribution is 2.20. The number of methoxy groups -OCH3 is 1. The van der Waals surface area contributed by atoms with Gasteiger partial charge in [-0.1, -0.05) is 0 Å². The lowest BCUT2D eigenvalue weighted by molar-refractivity contribution is 0.0305. The third-order valence-corrected chi connectivity index (χ3v) is 2.94. The van der Waals surface area contributed by atoms with E-state index in [1.807, 2.05) is 20.8 Å². The molecule has 1 amide bonds. The standard InChI is InChI=1S/C16H25N3O4/c1-16(2,3)23-15(21)19(4)9-8-18-13-7-6-11(10-12(13)17)14(20)22-5/h6-7,10,18H,8-9,17H2,1-5H3. The first kappa shape index (κ1) is 18.6. The third-order valence-electron chi connectivity index (χ3n) is 2.94. The third kappa shape index (κ3) is 6.06. The summed E-state index contributed by atoms with van der Waals surface area (Å²) in [6.07, 6.45) is -0.381. The average molecular weight is 323 g/mol. The fraction of sp³-hybridized carbons (Fsp3) is 0.500. The first-order valence-corrected chi connectivity index (χ1v) is 7.30. The topological polar surface area (TPSA) is 93.9 Å². The minimum Gasteiger partial charge on any atom is -0.465 e. The summed E-state index contributed by atoms with van der Waals surface area (Å²) in [5.41, 5.74) is 6.90. The normalized spacial score (nSPS) is 10.8. The number of amides is 1. The van der Waals surface area contributed by atoms with Crippen LogP contribution in [-0.4, -0.2) is 49.8 Å². The lowest BCUT2D eigenvalue weighted by Crippen LogP contribution is -2.36. The maximum atomic E-state index is 11.8. The summed E-state index contributed by atoms with van der Waals surface area (Å²) in [6.45, 7) is 6.41. The van der Waals surface area contributed by atoms with Crippen molar-refractivity contribution in [3.05, 3.63) is 23.8 Å². The molecule has 3 N–H and O–H groups in total. The Bertz CT molecular complexity index is 567. The summed E-state index contributed by atoms with van der Waals surface area (Å²) in [4.78, 5) is 24.7. The fourth-order valence-corrected chi connectivity index (χ4v) is 1.76. The number of hydrogen-bond acceptors (Lipinski definition) is 6. The van der Waals surface area contributed by atoms with Gasteiger partial charge in [0.25, 0.3) is 0 Å². The molecular formula is C16H25N3O4. The number of hydrogen-bond donors (Lipinski definition) is 2. The molecule has 1 aromatic carbocycles. The summed E-state index contributed by atoms with van der Waals surface area (Å²) in [5, 5.41) is 3.12. The van der Waals surface area contributed by atoms with Crippen molar-refractivity contribution in [1.29, 1.82) is 0 Å². The molecule has 1 aromatic rings. The molecule has 0 aliphatic carbocycles. The SMILES string of the molecule is COC(=O)c1ccc(NCCN(C)C(=O)OC(C)(C)C)c(N)c1. The van der Waals surface area contributed by atoms with E-state index in [-0.39, 0.29) is 6.09 Å². The van der Waals surface area contributed by atoms with Crippen molar-refractivity contribution in [3.8, 4) is 0 Å². The van der Waals surface area contributed by atoms with Crippen molar-refractivity contribution < 1.29 is 19.1 Å². The number of nitrogens with zero attached hydrogens (tertiary/aromatic N) is 1. The smallest absolute Gasteiger partial charge is 0.410 e. The summed E-state index contributed by atoms with van der Waals surface area (Å²) in [7, 11) is 2.98. The van der Waals surface area contributed by atoms with Gasteiger partial charge in [0.1, 0.15) is 5.60 Å². The molecule has 0 spiro atoms. The van der Waals surface area contributed by atoms with E-state index in [4.69, 9.17) is 10.5 Å². The molecule has 23 heavy (non-hydrogen) atoms. The molecule has 0 saturated carbocycles. The molecule has 1 rings (SSSR count). The first-order chi connectivity index (χ1) is 10.6. The van der Waals surface area contributed by atoms with Crippen LogP contribution in [0.1, 0.15) is 31.1 Å². The highest BCUT2D eigenvalue weighted by Gasteiger charge is 2.19. The van der Waals surface area contributed by atoms with E-state index in [9.17, 15) is 9.59 Å². The van der Waals surface area contributed by atoms with E-state index >= 15 is 0 Å². The zero-order valence-corrected chi connectivity index (χ0v) is 14.3. The molecule has 0 aromatic heterocycles. The maximum absolute atomic E-state index is 11.8. The number of ether oxygens (including phenoxy) is 2. The zero-order chi connectivity index (χ0) is 17.6. The van der Waals surface area contributed by atoms with E-state index in [0.717, 1.165) is 0 Å². The summed E-state index contributed by atoms with van der Waals surface area (Å²) >= 11 is 0. The van der Waals surface area contributed by atoms with Gasteiger partial charge in [0, 0.05) is 20.1 Å². The van der Waals surface area contributed by atoms with Gasteiger partial charge in [-0.25, -0.2) is 9.59 Å². The molecular weight excluding hydrogens is 298 g/mol. The number of anilines is 2. The Morgan fingerprint density at radius 2 is 1.96 bits per heavy atom. The Labute approximate surface area is 136 Å². The molecule has 0 saturated heterocycles. The number of nitrogen functional groups attached to an aromatic ring is 1. The monoisotopic (exact) mass is 323 g/mol. The molecule has 0 bridgehead atoms. The molecule has 0 fully saturated rings. The van der Waals surface area contributed by atoms with E-state index in [1.165, 1.54) is 12.0 Å². The van der Waals surface area contributed by atoms with E-state index < -0.39 is 11.6 Å². The quantitative estimate of drug-likeness (QED) is 0.638. The van der Waals surface area contributed by atoms with Crippen LogP contribution in [0.5, 0.6) is 0 Å². The second kappa shape index (κ2) is 7.71. The van der Waals surface area contributed by atoms with Crippen LogP contribution < -0.4 is 11.1 Å². The highest BCUT2D eigenvalue weighted by molar-refractivity contribution is 5.91. The predicted octanol–water partition coefficient (Wildman–Crippen LogP) is 2.33. The van der Waals surface area contributed by atoms with Crippen LogP contribution in [0.4, 0.5) is 16.2 Å². The lowest BCUT2D eigenvalue weighted by Gasteiger charge is -2.24.